The molecular weight excluding hydrogens is 611 g/mol. The largest absolute Gasteiger partial charge is 0.455 e. The molecule has 4 nitrogen and oxygen atoms in total. The summed E-state index contributed by atoms with van der Waals surface area (Å²) in [6.45, 7) is 8.22. The first-order valence-corrected chi connectivity index (χ1v) is 17.1. The summed E-state index contributed by atoms with van der Waals surface area (Å²) in [6, 6.07) is 41.3. The van der Waals surface area contributed by atoms with Crippen molar-refractivity contribution in [3.8, 4) is 45.3 Å². The summed E-state index contributed by atoms with van der Waals surface area (Å²) in [5.74, 6) is 1.85. The van der Waals surface area contributed by atoms with Crippen LogP contribution in [-0.4, -0.2) is 15.0 Å². The van der Waals surface area contributed by atoms with Gasteiger partial charge in [0.2, 0.25) is 0 Å². The number of rotatable bonds is 11. The molecule has 2 aromatic heterocycles. The third-order valence-electron chi connectivity index (χ3n) is 8.94. The molecule has 7 rings (SSSR count). The van der Waals surface area contributed by atoms with Gasteiger partial charge in [-0.1, -0.05) is 165 Å². The predicted octanol–water partition coefficient (Wildman–Crippen LogP) is 12.3. The van der Waals surface area contributed by atoms with E-state index in [0.717, 1.165) is 62.6 Å². The Labute approximate surface area is 293 Å². The van der Waals surface area contributed by atoms with Gasteiger partial charge in [0.25, 0.3) is 0 Å². The fourth-order valence-corrected chi connectivity index (χ4v) is 6.36. The van der Waals surface area contributed by atoms with E-state index in [4.69, 9.17) is 19.4 Å². The summed E-state index contributed by atoms with van der Waals surface area (Å²) >= 11 is 0. The summed E-state index contributed by atoms with van der Waals surface area (Å²) in [5, 5.41) is 2.02. The van der Waals surface area contributed by atoms with Gasteiger partial charge in [-0.3, -0.25) is 0 Å². The minimum absolute atomic E-state index is 0.0808. The lowest BCUT2D eigenvalue weighted by Gasteiger charge is -2.19. The highest BCUT2D eigenvalue weighted by Gasteiger charge is 2.19. The fraction of sp³-hybridized carbons (Fsp3) is 0.109. The molecule has 0 aliphatic rings. The fourth-order valence-electron chi connectivity index (χ4n) is 6.36. The number of benzene rings is 5. The Balaban J connectivity index is 1.28. The van der Waals surface area contributed by atoms with E-state index in [1.807, 2.05) is 79.7 Å². The molecule has 1 unspecified atom stereocenters. The second-order valence-electron chi connectivity index (χ2n) is 12.7. The maximum absolute atomic E-state index is 6.55. The molecule has 0 bridgehead atoms. The van der Waals surface area contributed by atoms with Gasteiger partial charge in [0.05, 0.1) is 0 Å². The van der Waals surface area contributed by atoms with Crippen LogP contribution in [0.25, 0.3) is 67.2 Å². The third-order valence-corrected chi connectivity index (χ3v) is 8.94. The van der Waals surface area contributed by atoms with Crippen LogP contribution in [-0.2, 0) is 6.42 Å². The predicted molar refractivity (Wildman–Crippen MR) is 209 cm³/mol. The summed E-state index contributed by atoms with van der Waals surface area (Å²) in [5.41, 5.74) is 7.70. The molecule has 0 spiro atoms. The van der Waals surface area contributed by atoms with E-state index < -0.39 is 0 Å². The molecule has 7 aromatic rings. The van der Waals surface area contributed by atoms with Crippen molar-refractivity contribution < 1.29 is 4.42 Å². The van der Waals surface area contributed by atoms with E-state index in [2.05, 4.69) is 105 Å². The lowest BCUT2D eigenvalue weighted by atomic mass is 9.85. The van der Waals surface area contributed by atoms with Gasteiger partial charge in [-0.25, -0.2) is 15.0 Å². The summed E-state index contributed by atoms with van der Waals surface area (Å²) in [7, 11) is 0. The summed E-state index contributed by atoms with van der Waals surface area (Å²) < 4.78 is 6.55. The van der Waals surface area contributed by atoms with Crippen LogP contribution in [0.3, 0.4) is 0 Å². The topological polar surface area (TPSA) is 51.8 Å². The first-order chi connectivity index (χ1) is 24.5. The van der Waals surface area contributed by atoms with E-state index in [1.54, 1.807) is 0 Å². The number of allylic oxidation sites excluding steroid dienone is 7. The average molecular weight is 650 g/mol. The van der Waals surface area contributed by atoms with Gasteiger partial charge in [-0.05, 0) is 37.0 Å². The monoisotopic (exact) mass is 649 g/mol. The van der Waals surface area contributed by atoms with Gasteiger partial charge in [-0.2, -0.15) is 0 Å². The SMILES string of the molecule is C=CCC(C)(/C=C\C=C/C)/C=C\Cc1ccc(-c2nc(-c3ccccc3)nc(-c3cccc4oc5c(-c6ccccc6)cccc5c34)n2)cc1. The van der Waals surface area contributed by atoms with Crippen molar-refractivity contribution in [3.05, 3.63) is 176 Å². The average Bonchev–Trinajstić information content (AvgIpc) is 3.55. The molecule has 0 N–H and O–H groups in total. The number of hydrogen-bond donors (Lipinski definition) is 0. The van der Waals surface area contributed by atoms with Crippen LogP contribution in [0.2, 0.25) is 0 Å². The Morgan fingerprint density at radius 2 is 1.28 bits per heavy atom. The van der Waals surface area contributed by atoms with Crippen molar-refractivity contribution in [3.63, 3.8) is 0 Å². The molecule has 2 heterocycles. The summed E-state index contributed by atoms with van der Waals surface area (Å²) in [6.07, 6.45) is 16.6. The van der Waals surface area contributed by atoms with Crippen LogP contribution in [0.1, 0.15) is 25.8 Å². The molecule has 5 aromatic carbocycles. The molecule has 244 valence electrons. The minimum atomic E-state index is -0.0808. The minimum Gasteiger partial charge on any atom is -0.455 e. The lowest BCUT2D eigenvalue weighted by molar-refractivity contribution is 0.561. The van der Waals surface area contributed by atoms with E-state index >= 15 is 0 Å². The maximum atomic E-state index is 6.55. The van der Waals surface area contributed by atoms with Crippen molar-refractivity contribution in [1.29, 1.82) is 0 Å². The number of aromatic nitrogens is 3. The van der Waals surface area contributed by atoms with Gasteiger partial charge < -0.3 is 4.42 Å². The molecule has 0 aliphatic carbocycles. The number of furan rings is 1. The first kappa shape index (κ1) is 32.4. The molecule has 0 fully saturated rings. The zero-order valence-electron chi connectivity index (χ0n) is 28.5. The van der Waals surface area contributed by atoms with Crippen molar-refractivity contribution in [1.82, 2.24) is 15.0 Å². The second kappa shape index (κ2) is 14.6. The standard InChI is InChI=1S/C46H39N3O/c1-4-6-13-31-46(3,30-5-2)32-16-17-33-26-28-36(29-27-33)44-47-43(35-20-11-8-12-21-35)48-45(49-44)39-24-15-25-40-41(39)38-23-14-22-37(42(38)50-40)34-18-9-7-10-19-34/h4-16,18-29,31-32H,2,17,30H2,1,3H3/b6-4-,31-13-,32-16-. The van der Waals surface area contributed by atoms with E-state index in [0.29, 0.717) is 17.5 Å². The van der Waals surface area contributed by atoms with E-state index in [-0.39, 0.29) is 5.41 Å². The molecule has 50 heavy (non-hydrogen) atoms. The number of fused-ring (bicyclic) bond motifs is 3. The van der Waals surface area contributed by atoms with Gasteiger partial charge in [-0.15, -0.1) is 6.58 Å². The molecule has 0 aliphatic heterocycles. The molecule has 0 radical (unpaired) electrons. The van der Waals surface area contributed by atoms with Gasteiger partial charge in [0.1, 0.15) is 11.2 Å². The Kier molecular flexibility index (Phi) is 9.43. The van der Waals surface area contributed by atoms with Crippen LogP contribution in [0.4, 0.5) is 0 Å². The van der Waals surface area contributed by atoms with Crippen molar-refractivity contribution in [2.24, 2.45) is 5.41 Å². The highest BCUT2D eigenvalue weighted by molar-refractivity contribution is 6.14. The zero-order chi connectivity index (χ0) is 34.3. The van der Waals surface area contributed by atoms with Gasteiger partial charge in [0.15, 0.2) is 17.5 Å². The molecule has 0 amide bonds. The smallest absolute Gasteiger partial charge is 0.164 e. The third kappa shape index (κ3) is 6.87. The van der Waals surface area contributed by atoms with Crippen molar-refractivity contribution >= 4 is 21.9 Å². The maximum Gasteiger partial charge on any atom is 0.164 e. The van der Waals surface area contributed by atoms with Crippen LogP contribution < -0.4 is 0 Å². The van der Waals surface area contributed by atoms with Crippen LogP contribution in [0.5, 0.6) is 0 Å². The summed E-state index contributed by atoms with van der Waals surface area (Å²) in [4.78, 5) is 15.1. The second-order valence-corrected chi connectivity index (χ2v) is 12.7. The Hall–Kier alpha value is -6.13. The van der Waals surface area contributed by atoms with Crippen LogP contribution in [0.15, 0.2) is 175 Å². The molecule has 0 saturated heterocycles. The van der Waals surface area contributed by atoms with E-state index in [9.17, 15) is 0 Å². The van der Waals surface area contributed by atoms with Crippen molar-refractivity contribution in [2.75, 3.05) is 0 Å². The number of nitrogens with zero attached hydrogens (tertiary/aromatic N) is 3. The molecule has 1 atom stereocenters. The Bertz CT molecular complexity index is 2350. The zero-order valence-corrected chi connectivity index (χ0v) is 28.5. The Morgan fingerprint density at radius 3 is 1.98 bits per heavy atom. The van der Waals surface area contributed by atoms with Crippen LogP contribution in [0, 0.1) is 5.41 Å². The highest BCUT2D eigenvalue weighted by Crippen LogP contribution is 2.40. The normalized spacial score (nSPS) is 13.2. The first-order valence-electron chi connectivity index (χ1n) is 17.1. The molecule has 0 saturated carbocycles. The molecule has 4 heteroatoms. The van der Waals surface area contributed by atoms with E-state index in [1.165, 1.54) is 5.56 Å². The lowest BCUT2D eigenvalue weighted by Crippen LogP contribution is -2.07. The van der Waals surface area contributed by atoms with Crippen LogP contribution >= 0.6 is 0 Å². The van der Waals surface area contributed by atoms with Crippen molar-refractivity contribution in [2.45, 2.75) is 26.7 Å². The number of hydrogen-bond acceptors (Lipinski definition) is 4. The quantitative estimate of drug-likeness (QED) is 0.103. The number of para-hydroxylation sites is 1. The highest BCUT2D eigenvalue weighted by atomic mass is 16.3. The van der Waals surface area contributed by atoms with Gasteiger partial charge in [0, 0.05) is 38.4 Å². The molecular formula is C46H39N3O. The Morgan fingerprint density at radius 1 is 0.640 bits per heavy atom. The van der Waals surface area contributed by atoms with Gasteiger partial charge >= 0.3 is 0 Å².